The van der Waals surface area contributed by atoms with Gasteiger partial charge in [-0.2, -0.15) is 0 Å². The average molecular weight is 287 g/mol. The Labute approximate surface area is 123 Å². The highest BCUT2D eigenvalue weighted by atomic mass is 32.2. The second-order valence-corrected chi connectivity index (χ2v) is 6.46. The molecule has 0 fully saturated rings. The van der Waals surface area contributed by atoms with Gasteiger partial charge >= 0.3 is 0 Å². The fourth-order valence-electron chi connectivity index (χ4n) is 2.77. The minimum absolute atomic E-state index is 0.154. The van der Waals surface area contributed by atoms with Gasteiger partial charge < -0.3 is 5.73 Å². The smallest absolute Gasteiger partial charge is 0.124 e. The molecule has 2 atom stereocenters. The number of halogens is 1. The minimum Gasteiger partial charge on any atom is -0.327 e. The summed E-state index contributed by atoms with van der Waals surface area (Å²) in [6, 6.07) is 15.4. The predicted octanol–water partition coefficient (Wildman–Crippen LogP) is 3.98. The Morgan fingerprint density at radius 2 is 2.05 bits per heavy atom. The van der Waals surface area contributed by atoms with Crippen LogP contribution in [0.15, 0.2) is 53.4 Å². The van der Waals surface area contributed by atoms with Crippen molar-refractivity contribution in [2.75, 3.05) is 5.75 Å². The maximum absolute atomic E-state index is 13.1. The van der Waals surface area contributed by atoms with Gasteiger partial charge in [0.05, 0.1) is 0 Å². The highest BCUT2D eigenvalue weighted by Gasteiger charge is 2.26. The molecule has 1 aliphatic rings. The summed E-state index contributed by atoms with van der Waals surface area (Å²) in [5.74, 6) is 1.26. The van der Waals surface area contributed by atoms with Crippen molar-refractivity contribution in [3.8, 4) is 0 Å². The lowest BCUT2D eigenvalue weighted by Crippen LogP contribution is -2.29. The van der Waals surface area contributed by atoms with Crippen LogP contribution >= 0.6 is 11.8 Å². The van der Waals surface area contributed by atoms with Gasteiger partial charge in [0.25, 0.3) is 0 Å². The van der Waals surface area contributed by atoms with Crippen LogP contribution in [0.4, 0.5) is 4.39 Å². The topological polar surface area (TPSA) is 26.0 Å². The second kappa shape index (κ2) is 5.98. The fourth-order valence-corrected chi connectivity index (χ4v) is 3.68. The number of fused-ring (bicyclic) bond motifs is 1. The van der Waals surface area contributed by atoms with Gasteiger partial charge in [0.1, 0.15) is 5.82 Å². The van der Waals surface area contributed by atoms with Crippen LogP contribution in [-0.2, 0) is 6.42 Å². The largest absolute Gasteiger partial charge is 0.327 e. The van der Waals surface area contributed by atoms with E-state index in [-0.39, 0.29) is 11.9 Å². The Bertz CT molecular complexity index is 599. The first-order valence-corrected chi connectivity index (χ1v) is 7.92. The van der Waals surface area contributed by atoms with Crippen molar-refractivity contribution in [1.82, 2.24) is 0 Å². The summed E-state index contributed by atoms with van der Waals surface area (Å²) >= 11 is 1.64. The van der Waals surface area contributed by atoms with E-state index in [2.05, 4.69) is 24.3 Å². The van der Waals surface area contributed by atoms with Gasteiger partial charge in [-0.15, -0.1) is 11.8 Å². The summed E-state index contributed by atoms with van der Waals surface area (Å²) in [5, 5.41) is 0. The summed E-state index contributed by atoms with van der Waals surface area (Å²) in [6.45, 7) is 0. The molecule has 0 heterocycles. The van der Waals surface area contributed by atoms with Gasteiger partial charge in [-0.25, -0.2) is 4.39 Å². The van der Waals surface area contributed by atoms with Gasteiger partial charge in [-0.3, -0.25) is 0 Å². The van der Waals surface area contributed by atoms with Crippen LogP contribution in [0.25, 0.3) is 0 Å². The Kier molecular flexibility index (Phi) is 4.08. The first kappa shape index (κ1) is 13.7. The summed E-state index contributed by atoms with van der Waals surface area (Å²) in [7, 11) is 0. The van der Waals surface area contributed by atoms with Crippen molar-refractivity contribution in [3.05, 3.63) is 65.5 Å². The lowest BCUT2D eigenvalue weighted by Gasteiger charge is -2.32. The van der Waals surface area contributed by atoms with Crippen LogP contribution in [0, 0.1) is 5.82 Å². The van der Waals surface area contributed by atoms with E-state index in [1.807, 2.05) is 6.07 Å². The molecule has 2 unspecified atom stereocenters. The molecule has 0 saturated carbocycles. The van der Waals surface area contributed by atoms with Crippen molar-refractivity contribution in [2.45, 2.75) is 29.7 Å². The van der Waals surface area contributed by atoms with Gasteiger partial charge in [0.15, 0.2) is 0 Å². The maximum Gasteiger partial charge on any atom is 0.124 e. The third-order valence-electron chi connectivity index (χ3n) is 3.81. The molecule has 1 aliphatic carbocycles. The SMILES string of the molecule is NC(CSc1cccc(F)c1)CC1Cc2ccccc21. The van der Waals surface area contributed by atoms with Crippen molar-refractivity contribution in [1.29, 1.82) is 0 Å². The molecule has 3 rings (SSSR count). The minimum atomic E-state index is -0.184. The number of thioether (sulfide) groups is 1. The molecule has 0 aliphatic heterocycles. The van der Waals surface area contributed by atoms with Crippen LogP contribution in [-0.4, -0.2) is 11.8 Å². The van der Waals surface area contributed by atoms with Crippen LogP contribution in [0.3, 0.4) is 0 Å². The van der Waals surface area contributed by atoms with E-state index in [1.54, 1.807) is 23.9 Å². The zero-order valence-corrected chi connectivity index (χ0v) is 12.1. The summed E-state index contributed by atoms with van der Waals surface area (Å²) < 4.78 is 13.1. The van der Waals surface area contributed by atoms with E-state index in [1.165, 1.54) is 17.2 Å². The molecule has 1 nitrogen and oxygen atoms in total. The van der Waals surface area contributed by atoms with Crippen LogP contribution < -0.4 is 5.73 Å². The molecule has 20 heavy (non-hydrogen) atoms. The highest BCUT2D eigenvalue weighted by molar-refractivity contribution is 7.99. The Hall–Kier alpha value is -1.32. The molecule has 0 aromatic heterocycles. The molecule has 2 aromatic carbocycles. The van der Waals surface area contributed by atoms with Crippen molar-refractivity contribution in [3.63, 3.8) is 0 Å². The molecule has 104 valence electrons. The third-order valence-corrected chi connectivity index (χ3v) is 4.99. The maximum atomic E-state index is 13.1. The zero-order chi connectivity index (χ0) is 13.9. The van der Waals surface area contributed by atoms with Crippen molar-refractivity contribution in [2.24, 2.45) is 5.73 Å². The van der Waals surface area contributed by atoms with Gasteiger partial charge in [0, 0.05) is 16.7 Å². The number of hydrogen-bond donors (Lipinski definition) is 1. The van der Waals surface area contributed by atoms with E-state index in [0.717, 1.165) is 23.5 Å². The Balaban J connectivity index is 1.50. The summed E-state index contributed by atoms with van der Waals surface area (Å²) in [6.07, 6.45) is 2.16. The van der Waals surface area contributed by atoms with Gasteiger partial charge in [-0.1, -0.05) is 30.3 Å². The Morgan fingerprint density at radius 1 is 1.20 bits per heavy atom. The summed E-state index contributed by atoms with van der Waals surface area (Å²) in [5.41, 5.74) is 9.13. The van der Waals surface area contributed by atoms with Crippen molar-refractivity contribution >= 4 is 11.8 Å². The number of rotatable bonds is 5. The third kappa shape index (κ3) is 3.05. The second-order valence-electron chi connectivity index (χ2n) is 5.36. The Morgan fingerprint density at radius 3 is 2.85 bits per heavy atom. The number of benzene rings is 2. The van der Waals surface area contributed by atoms with E-state index in [9.17, 15) is 4.39 Å². The standard InChI is InChI=1S/C17H18FNS/c18-14-5-3-6-16(10-14)20-11-15(19)9-13-8-12-4-1-2-7-17(12)13/h1-7,10,13,15H,8-9,11,19H2. The number of hydrogen-bond acceptors (Lipinski definition) is 2. The molecule has 3 heteroatoms. The van der Waals surface area contributed by atoms with Gasteiger partial charge in [-0.05, 0) is 48.1 Å². The average Bonchev–Trinajstić information content (AvgIpc) is 2.43. The molecular weight excluding hydrogens is 269 g/mol. The molecule has 0 bridgehead atoms. The molecule has 0 amide bonds. The van der Waals surface area contributed by atoms with E-state index in [4.69, 9.17) is 5.73 Å². The lowest BCUT2D eigenvalue weighted by molar-refractivity contribution is 0.510. The van der Waals surface area contributed by atoms with Crippen LogP contribution in [0.2, 0.25) is 0 Å². The normalized spacial score (nSPS) is 18.2. The van der Waals surface area contributed by atoms with Gasteiger partial charge in [0.2, 0.25) is 0 Å². The van der Waals surface area contributed by atoms with Crippen LogP contribution in [0.5, 0.6) is 0 Å². The molecule has 0 radical (unpaired) electrons. The van der Waals surface area contributed by atoms with Crippen LogP contribution in [0.1, 0.15) is 23.5 Å². The first-order valence-electron chi connectivity index (χ1n) is 6.94. The zero-order valence-electron chi connectivity index (χ0n) is 11.3. The van der Waals surface area contributed by atoms with E-state index in [0.29, 0.717) is 5.92 Å². The number of nitrogens with two attached hydrogens (primary N) is 1. The van der Waals surface area contributed by atoms with Crippen molar-refractivity contribution < 1.29 is 4.39 Å². The summed E-state index contributed by atoms with van der Waals surface area (Å²) in [4.78, 5) is 0.953. The quantitative estimate of drug-likeness (QED) is 0.842. The monoisotopic (exact) mass is 287 g/mol. The van der Waals surface area contributed by atoms with E-state index >= 15 is 0 Å². The molecule has 2 N–H and O–H groups in total. The molecule has 2 aromatic rings. The predicted molar refractivity (Wildman–Crippen MR) is 82.6 cm³/mol. The molecule has 0 saturated heterocycles. The first-order chi connectivity index (χ1) is 9.72. The lowest BCUT2D eigenvalue weighted by atomic mass is 9.75. The van der Waals surface area contributed by atoms with E-state index < -0.39 is 0 Å². The highest BCUT2D eigenvalue weighted by Crippen LogP contribution is 2.38. The molecular formula is C17H18FNS. The fraction of sp³-hybridized carbons (Fsp3) is 0.294. The molecule has 0 spiro atoms.